The zero-order valence-corrected chi connectivity index (χ0v) is 41.2. The average molecular weight is 946 g/mol. The predicted molar refractivity (Wildman–Crippen MR) is 268 cm³/mol. The number of aliphatic hydroxyl groups excluding tert-OH is 1. The summed E-state index contributed by atoms with van der Waals surface area (Å²) in [6.07, 6.45) is 7.13. The third-order valence-electron chi connectivity index (χ3n) is 15.1. The Morgan fingerprint density at radius 3 is 2.14 bits per heavy atom. The zero-order chi connectivity index (χ0) is 49.6. The van der Waals surface area contributed by atoms with Gasteiger partial charge in [0, 0.05) is 29.1 Å². The molecule has 9 N–H and O–H groups in total. The lowest BCUT2D eigenvalue weighted by molar-refractivity contribution is -0.199. The molecule has 1 aliphatic heterocycles. The van der Waals surface area contributed by atoms with Gasteiger partial charge in [0.05, 0.1) is 23.8 Å². The molecule has 1 saturated heterocycles. The summed E-state index contributed by atoms with van der Waals surface area (Å²) in [5.74, 6) is -2.72. The summed E-state index contributed by atoms with van der Waals surface area (Å²) in [6.45, 7) is 13.9. The van der Waals surface area contributed by atoms with Crippen molar-refractivity contribution in [3.05, 3.63) is 95.7 Å². The highest BCUT2D eigenvalue weighted by molar-refractivity contribution is 6.47. The maximum Gasteiger partial charge on any atom is 0.481 e. The molecule has 370 valence electrons. The van der Waals surface area contributed by atoms with E-state index >= 15 is 0 Å². The summed E-state index contributed by atoms with van der Waals surface area (Å²) >= 11 is 0. The molecule has 2 bridgehead atoms. The van der Waals surface area contributed by atoms with E-state index in [0.29, 0.717) is 43.2 Å². The molecular formula is C53H72BN7O8. The molecule has 3 aromatic carbocycles. The molecule has 16 heteroatoms. The first-order valence-corrected chi connectivity index (χ1v) is 24.9. The Morgan fingerprint density at radius 1 is 0.797 bits per heavy atom. The first-order chi connectivity index (χ1) is 32.9. The minimum Gasteiger partial charge on any atom is -0.404 e. The number of nitrogens with one attached hydrogen (secondary N) is 6. The highest BCUT2D eigenvalue weighted by Crippen LogP contribution is 2.65. The number of aromatic nitrogens is 1. The Morgan fingerprint density at radius 2 is 1.48 bits per heavy atom. The largest absolute Gasteiger partial charge is 0.481 e. The lowest BCUT2D eigenvalue weighted by atomic mass is 9.43. The fourth-order valence-corrected chi connectivity index (χ4v) is 10.6. The number of amides is 5. The van der Waals surface area contributed by atoms with Crippen LogP contribution < -0.4 is 32.3 Å². The average Bonchev–Trinajstić information content (AvgIpc) is 3.92. The second-order valence-electron chi connectivity index (χ2n) is 20.4. The number of carbonyl (C=O) groups excluding carboxylic acids is 5. The molecule has 2 heterocycles. The Hall–Kier alpha value is -5.55. The topological polar surface area (TPSA) is 226 Å². The smallest absolute Gasteiger partial charge is 0.404 e. The van der Waals surface area contributed by atoms with Gasteiger partial charge >= 0.3 is 7.12 Å². The quantitative estimate of drug-likeness (QED) is 0.0379. The fourth-order valence-electron chi connectivity index (χ4n) is 10.6. The molecule has 4 aliphatic rings. The Kier molecular flexibility index (Phi) is 16.4. The van der Waals surface area contributed by atoms with Crippen molar-refractivity contribution < 1.29 is 38.4 Å². The van der Waals surface area contributed by atoms with Gasteiger partial charge in [-0.05, 0) is 137 Å². The zero-order valence-electron chi connectivity index (χ0n) is 41.2. The van der Waals surface area contributed by atoms with Crippen LogP contribution in [0.2, 0.25) is 0 Å². The van der Waals surface area contributed by atoms with Gasteiger partial charge in [0.15, 0.2) is 0 Å². The van der Waals surface area contributed by atoms with Crippen LogP contribution in [-0.4, -0.2) is 101 Å². The van der Waals surface area contributed by atoms with Gasteiger partial charge in [0.2, 0.25) is 23.6 Å². The number of unbranched alkanes of at least 4 members (excludes halogenated alkanes) is 2. The molecule has 0 spiro atoms. The van der Waals surface area contributed by atoms with Crippen LogP contribution in [0.4, 0.5) is 0 Å². The number of aryl methyl sites for hydroxylation is 1. The number of hydrogen-bond acceptors (Lipinski definition) is 9. The van der Waals surface area contributed by atoms with Crippen molar-refractivity contribution in [1.29, 1.82) is 0 Å². The minimum absolute atomic E-state index is 0.0568. The van der Waals surface area contributed by atoms with Crippen molar-refractivity contribution in [3.63, 3.8) is 0 Å². The minimum atomic E-state index is -1.51. The molecule has 5 amide bonds. The van der Waals surface area contributed by atoms with E-state index in [2.05, 4.69) is 83.5 Å². The number of aromatic amines is 1. The molecule has 4 fully saturated rings. The standard InChI is InChI=1S/C53H72BN7O8/c1-8-9-14-34-18-20-35(21-19-34)36-22-24-37(25-23-36)48(64)60-43(27-38-30-56-41-16-11-10-15-40(38)41)50(66)61-46(32(3)62)51(67)57-31(2)47(63)59-42(17-12-13-26-55)49(65)58-33(4)54-68-45-29-39-28-44(52(39,5)6)53(45,7)69-54/h10-11,15-16,18-25,30-33,39,42-46,56,62H,8-9,12-14,17,26-29,55H2,1-7H3,(H,57,67)(H,58,65)(H,59,63)(H,60,64)(H,61,66)/t31-,32+,33-,39-,42-,43-,44-,45?,46-,53-/m0/s1. The van der Waals surface area contributed by atoms with Crippen molar-refractivity contribution in [1.82, 2.24) is 31.6 Å². The van der Waals surface area contributed by atoms with Gasteiger partial charge in [0.1, 0.15) is 24.2 Å². The SMILES string of the molecule is CCCCc1ccc(-c2ccc(C(=O)N[C@@H](Cc3c[nH]c4ccccc34)C(=O)N[C@H](C(=O)N[C@@H](C)C(=O)N[C@@H](CCCCN)C(=O)N[C@@H](C)B3OC4C[C@@H]5C[C@@H](C5(C)C)[C@]4(C)O3)[C@@H](C)O)cc2)cc1. The van der Waals surface area contributed by atoms with Crippen LogP contribution in [0, 0.1) is 17.3 Å². The van der Waals surface area contributed by atoms with Crippen molar-refractivity contribution in [2.75, 3.05) is 6.54 Å². The lowest BCUT2D eigenvalue weighted by Gasteiger charge is -2.64. The van der Waals surface area contributed by atoms with Crippen molar-refractivity contribution in [2.45, 2.75) is 154 Å². The maximum absolute atomic E-state index is 14.2. The number of nitrogens with two attached hydrogens (primary N) is 1. The van der Waals surface area contributed by atoms with Gasteiger partial charge in [-0.15, -0.1) is 0 Å². The van der Waals surface area contributed by atoms with Crippen LogP contribution in [0.5, 0.6) is 0 Å². The van der Waals surface area contributed by atoms with E-state index in [1.165, 1.54) is 19.4 Å². The number of para-hydroxylation sites is 1. The van der Waals surface area contributed by atoms with Crippen molar-refractivity contribution in [3.8, 4) is 11.1 Å². The van der Waals surface area contributed by atoms with Gasteiger partial charge in [-0.25, -0.2) is 0 Å². The Labute approximate surface area is 406 Å². The molecule has 4 aromatic rings. The lowest BCUT2D eigenvalue weighted by Crippen LogP contribution is -2.65. The van der Waals surface area contributed by atoms with E-state index in [9.17, 15) is 29.1 Å². The second-order valence-corrected chi connectivity index (χ2v) is 20.4. The summed E-state index contributed by atoms with van der Waals surface area (Å²) < 4.78 is 13.0. The van der Waals surface area contributed by atoms with Crippen LogP contribution in [-0.2, 0) is 41.3 Å². The molecule has 1 aromatic heterocycles. The van der Waals surface area contributed by atoms with Crippen molar-refractivity contribution >= 4 is 47.6 Å². The molecular weight excluding hydrogens is 873 g/mol. The Balaban J connectivity index is 0.988. The fraction of sp³-hybridized carbons (Fsp3) is 0.528. The van der Waals surface area contributed by atoms with Crippen LogP contribution in [0.3, 0.4) is 0 Å². The molecule has 0 radical (unpaired) electrons. The van der Waals surface area contributed by atoms with Gasteiger partial charge in [-0.2, -0.15) is 0 Å². The number of benzene rings is 3. The summed E-state index contributed by atoms with van der Waals surface area (Å²) in [4.78, 5) is 72.7. The molecule has 3 saturated carbocycles. The summed E-state index contributed by atoms with van der Waals surface area (Å²) in [6, 6.07) is 18.2. The molecule has 10 atom stereocenters. The summed E-state index contributed by atoms with van der Waals surface area (Å²) in [5, 5.41) is 25.7. The number of rotatable bonds is 22. The van der Waals surface area contributed by atoms with E-state index < -0.39 is 78.5 Å². The van der Waals surface area contributed by atoms with Gasteiger partial charge in [0.25, 0.3) is 5.91 Å². The van der Waals surface area contributed by atoms with Crippen molar-refractivity contribution in [2.24, 2.45) is 23.0 Å². The highest BCUT2D eigenvalue weighted by atomic mass is 16.7. The molecule has 69 heavy (non-hydrogen) atoms. The normalized spacial score (nSPS) is 22.7. The first-order valence-electron chi connectivity index (χ1n) is 24.9. The monoisotopic (exact) mass is 946 g/mol. The van der Waals surface area contributed by atoms with Crippen LogP contribution in [0.25, 0.3) is 22.0 Å². The third kappa shape index (κ3) is 11.6. The summed E-state index contributed by atoms with van der Waals surface area (Å²) in [5.41, 5.74) is 10.6. The van der Waals surface area contributed by atoms with Crippen LogP contribution in [0.1, 0.15) is 115 Å². The van der Waals surface area contributed by atoms with Crippen LogP contribution in [0.15, 0.2) is 79.0 Å². The van der Waals surface area contributed by atoms with E-state index in [1.807, 2.05) is 43.3 Å². The molecule has 3 aliphatic carbocycles. The second kappa shape index (κ2) is 22.0. The van der Waals surface area contributed by atoms with E-state index in [1.54, 1.807) is 18.3 Å². The van der Waals surface area contributed by atoms with E-state index in [4.69, 9.17) is 15.0 Å². The van der Waals surface area contributed by atoms with Gasteiger partial charge < -0.3 is 51.7 Å². The van der Waals surface area contributed by atoms with Gasteiger partial charge in [-0.3, -0.25) is 24.0 Å². The number of carbonyl (C=O) groups is 5. The number of H-pyrrole nitrogens is 1. The first kappa shape index (κ1) is 51.3. The molecule has 1 unspecified atom stereocenters. The predicted octanol–water partition coefficient (Wildman–Crippen LogP) is 5.27. The number of fused-ring (bicyclic) bond motifs is 1. The Bertz CT molecular complexity index is 2440. The maximum atomic E-state index is 14.2. The van der Waals surface area contributed by atoms with Crippen LogP contribution >= 0.6 is 0 Å². The highest BCUT2D eigenvalue weighted by Gasteiger charge is 2.68. The molecule has 8 rings (SSSR count). The third-order valence-corrected chi connectivity index (χ3v) is 15.1. The summed E-state index contributed by atoms with van der Waals surface area (Å²) in [7, 11) is -0.656. The number of hydrogen-bond donors (Lipinski definition) is 8. The van der Waals surface area contributed by atoms with E-state index in [0.717, 1.165) is 59.7 Å². The molecule has 15 nitrogen and oxygen atoms in total. The van der Waals surface area contributed by atoms with E-state index in [-0.39, 0.29) is 17.9 Å². The number of aliphatic hydroxyl groups is 1. The van der Waals surface area contributed by atoms with Gasteiger partial charge in [-0.1, -0.05) is 81.8 Å².